The smallest absolute Gasteiger partial charge is 0.254 e. The molecule has 0 radical (unpaired) electrons. The second kappa shape index (κ2) is 6.12. The van der Waals surface area contributed by atoms with Crippen LogP contribution >= 0.6 is 23.2 Å². The van der Waals surface area contributed by atoms with Crippen molar-refractivity contribution in [1.29, 1.82) is 5.26 Å². The highest BCUT2D eigenvalue weighted by molar-refractivity contribution is 6.40. The second-order valence-electron chi connectivity index (χ2n) is 4.40. The molecular formula is C13H9Cl2N3O3. The van der Waals surface area contributed by atoms with Gasteiger partial charge in [-0.15, -0.1) is 0 Å². The Morgan fingerprint density at radius 1 is 1.33 bits per heavy atom. The third-order valence-electron chi connectivity index (χ3n) is 2.94. The third-order valence-corrected chi connectivity index (χ3v) is 3.54. The van der Waals surface area contributed by atoms with E-state index in [1.807, 2.05) is 6.07 Å². The highest BCUT2D eigenvalue weighted by atomic mass is 35.5. The molecule has 0 spiro atoms. The number of hydrogen-bond donors (Lipinski definition) is 2. The van der Waals surface area contributed by atoms with Crippen LogP contribution in [0.2, 0.25) is 10.0 Å². The van der Waals surface area contributed by atoms with Gasteiger partial charge in [-0.3, -0.25) is 19.7 Å². The molecule has 1 aromatic rings. The maximum Gasteiger partial charge on any atom is 0.254 e. The Hall–Kier alpha value is -2.10. The first-order chi connectivity index (χ1) is 9.92. The van der Waals surface area contributed by atoms with Crippen molar-refractivity contribution in [2.75, 3.05) is 0 Å². The molecule has 1 heterocycles. The number of rotatable bonds is 2. The molecule has 1 aliphatic heterocycles. The Kier molecular flexibility index (Phi) is 4.46. The molecule has 1 atom stereocenters. The van der Waals surface area contributed by atoms with Crippen LogP contribution in [-0.4, -0.2) is 23.8 Å². The number of halogens is 2. The van der Waals surface area contributed by atoms with Gasteiger partial charge in [0.1, 0.15) is 6.04 Å². The molecular weight excluding hydrogens is 317 g/mol. The van der Waals surface area contributed by atoms with Crippen LogP contribution in [0.15, 0.2) is 12.1 Å². The fourth-order valence-corrected chi connectivity index (χ4v) is 2.57. The monoisotopic (exact) mass is 325 g/mol. The lowest BCUT2D eigenvalue weighted by Gasteiger charge is -2.22. The zero-order chi connectivity index (χ0) is 15.6. The summed E-state index contributed by atoms with van der Waals surface area (Å²) in [4.78, 5) is 34.8. The Balaban J connectivity index is 2.20. The average Bonchev–Trinajstić information content (AvgIpc) is 2.41. The zero-order valence-corrected chi connectivity index (χ0v) is 12.1. The fraction of sp³-hybridized carbons (Fsp3) is 0.231. The quantitative estimate of drug-likeness (QED) is 0.803. The number of amides is 3. The zero-order valence-electron chi connectivity index (χ0n) is 10.6. The van der Waals surface area contributed by atoms with Crippen molar-refractivity contribution in [3.05, 3.63) is 33.3 Å². The molecule has 1 aliphatic rings. The van der Waals surface area contributed by atoms with Crippen molar-refractivity contribution in [1.82, 2.24) is 10.6 Å². The lowest BCUT2D eigenvalue weighted by Crippen LogP contribution is -2.52. The number of carbonyl (C=O) groups is 3. The summed E-state index contributed by atoms with van der Waals surface area (Å²) < 4.78 is 0. The molecule has 3 amide bonds. The summed E-state index contributed by atoms with van der Waals surface area (Å²) in [6.45, 7) is 0. The number of carbonyl (C=O) groups excluding carboxylic acids is 3. The summed E-state index contributed by atoms with van der Waals surface area (Å²) in [5, 5.41) is 13.4. The molecule has 108 valence electrons. The maximum atomic E-state index is 12.2. The summed E-state index contributed by atoms with van der Waals surface area (Å²) in [6, 6.07) is 3.67. The van der Waals surface area contributed by atoms with Crippen LogP contribution in [0, 0.1) is 11.3 Å². The predicted octanol–water partition coefficient (Wildman–Crippen LogP) is 1.40. The molecule has 6 nitrogen and oxygen atoms in total. The lowest BCUT2D eigenvalue weighted by molar-refractivity contribution is -0.134. The minimum Gasteiger partial charge on any atom is -0.340 e. The van der Waals surface area contributed by atoms with E-state index >= 15 is 0 Å². The van der Waals surface area contributed by atoms with Gasteiger partial charge in [-0.25, -0.2) is 0 Å². The van der Waals surface area contributed by atoms with Crippen molar-refractivity contribution in [3.8, 4) is 6.07 Å². The molecule has 2 N–H and O–H groups in total. The van der Waals surface area contributed by atoms with Crippen LogP contribution in [0.25, 0.3) is 0 Å². The average molecular weight is 326 g/mol. The van der Waals surface area contributed by atoms with Gasteiger partial charge in [0.2, 0.25) is 11.8 Å². The first kappa shape index (κ1) is 15.3. The molecule has 0 aliphatic carbocycles. The number of nitriles is 1. The minimum atomic E-state index is -0.821. The number of hydrogen-bond acceptors (Lipinski definition) is 4. The summed E-state index contributed by atoms with van der Waals surface area (Å²) in [5.74, 6) is -1.58. The van der Waals surface area contributed by atoms with Gasteiger partial charge >= 0.3 is 0 Å². The van der Waals surface area contributed by atoms with Gasteiger partial charge in [0.15, 0.2) is 0 Å². The van der Waals surface area contributed by atoms with Gasteiger partial charge in [0.25, 0.3) is 5.91 Å². The highest BCUT2D eigenvalue weighted by Gasteiger charge is 2.29. The van der Waals surface area contributed by atoms with E-state index in [-0.39, 0.29) is 39.9 Å². The van der Waals surface area contributed by atoms with E-state index in [1.165, 1.54) is 12.1 Å². The summed E-state index contributed by atoms with van der Waals surface area (Å²) in [7, 11) is 0. The maximum absolute atomic E-state index is 12.2. The van der Waals surface area contributed by atoms with Crippen molar-refractivity contribution < 1.29 is 14.4 Å². The van der Waals surface area contributed by atoms with E-state index in [0.29, 0.717) is 0 Å². The topological polar surface area (TPSA) is 99.1 Å². The first-order valence-corrected chi connectivity index (χ1v) is 6.71. The van der Waals surface area contributed by atoms with Crippen molar-refractivity contribution in [2.45, 2.75) is 18.9 Å². The van der Waals surface area contributed by atoms with Crippen molar-refractivity contribution in [2.24, 2.45) is 0 Å². The number of piperidine rings is 1. The fourth-order valence-electron chi connectivity index (χ4n) is 1.92. The van der Waals surface area contributed by atoms with E-state index in [1.54, 1.807) is 0 Å². The van der Waals surface area contributed by atoms with Crippen LogP contribution in [0.5, 0.6) is 0 Å². The molecule has 1 fully saturated rings. The summed E-state index contributed by atoms with van der Waals surface area (Å²) in [6.07, 6.45) is 0.355. The van der Waals surface area contributed by atoms with E-state index in [2.05, 4.69) is 10.6 Å². The van der Waals surface area contributed by atoms with Gasteiger partial charge in [0.05, 0.1) is 27.2 Å². The number of imide groups is 1. The van der Waals surface area contributed by atoms with E-state index < -0.39 is 17.9 Å². The highest BCUT2D eigenvalue weighted by Crippen LogP contribution is 2.26. The molecule has 1 saturated heterocycles. The minimum absolute atomic E-state index is 0.0120. The lowest BCUT2D eigenvalue weighted by atomic mass is 10.1. The molecule has 2 rings (SSSR count). The molecule has 1 aromatic carbocycles. The normalized spacial score (nSPS) is 17.9. The van der Waals surface area contributed by atoms with Crippen LogP contribution in [0.3, 0.4) is 0 Å². The van der Waals surface area contributed by atoms with Gasteiger partial charge in [-0.2, -0.15) is 5.26 Å². The number of nitrogens with zero attached hydrogens (tertiary/aromatic N) is 1. The summed E-state index contributed by atoms with van der Waals surface area (Å²) in [5.41, 5.74) is 0.213. The molecule has 1 unspecified atom stereocenters. The Morgan fingerprint density at radius 3 is 2.48 bits per heavy atom. The molecule has 0 saturated carbocycles. The van der Waals surface area contributed by atoms with Crippen LogP contribution in [0.1, 0.15) is 28.8 Å². The van der Waals surface area contributed by atoms with Crippen molar-refractivity contribution >= 4 is 40.9 Å². The number of nitrogens with one attached hydrogen (secondary N) is 2. The Bertz CT molecular complexity index is 659. The Morgan fingerprint density at radius 2 is 1.95 bits per heavy atom. The third kappa shape index (κ3) is 3.32. The van der Waals surface area contributed by atoms with Crippen LogP contribution in [-0.2, 0) is 9.59 Å². The second-order valence-corrected chi connectivity index (χ2v) is 5.22. The van der Waals surface area contributed by atoms with E-state index in [9.17, 15) is 14.4 Å². The van der Waals surface area contributed by atoms with Gasteiger partial charge in [-0.05, 0) is 18.6 Å². The largest absolute Gasteiger partial charge is 0.340 e. The van der Waals surface area contributed by atoms with E-state index in [0.717, 1.165) is 0 Å². The molecule has 0 aromatic heterocycles. The first-order valence-electron chi connectivity index (χ1n) is 5.96. The van der Waals surface area contributed by atoms with E-state index in [4.69, 9.17) is 28.5 Å². The Labute approximate surface area is 130 Å². The van der Waals surface area contributed by atoms with Crippen LogP contribution < -0.4 is 10.6 Å². The predicted molar refractivity (Wildman–Crippen MR) is 74.8 cm³/mol. The number of benzene rings is 1. The van der Waals surface area contributed by atoms with Crippen LogP contribution in [0.4, 0.5) is 0 Å². The molecule has 8 heteroatoms. The van der Waals surface area contributed by atoms with Gasteiger partial charge in [0, 0.05) is 6.42 Å². The summed E-state index contributed by atoms with van der Waals surface area (Å²) >= 11 is 11.9. The van der Waals surface area contributed by atoms with Gasteiger partial charge < -0.3 is 5.32 Å². The molecule has 0 bridgehead atoms. The molecule has 21 heavy (non-hydrogen) atoms. The standard InChI is InChI=1S/C13H9Cl2N3O3/c14-7-3-6(5-16)4-8(15)11(7)13(21)17-9-1-2-10(19)18-12(9)20/h3-4,9H,1-2H2,(H,17,21)(H,18,19,20). The SMILES string of the molecule is N#Cc1cc(Cl)c(C(=O)NC2CCC(=O)NC2=O)c(Cl)c1. The van der Waals surface area contributed by atoms with Crippen molar-refractivity contribution in [3.63, 3.8) is 0 Å². The van der Waals surface area contributed by atoms with Gasteiger partial charge in [-0.1, -0.05) is 23.2 Å².